The van der Waals surface area contributed by atoms with Gasteiger partial charge in [-0.15, -0.1) is 0 Å². The van der Waals surface area contributed by atoms with E-state index >= 15 is 0 Å². The van der Waals surface area contributed by atoms with Crippen LogP contribution in [-0.4, -0.2) is 22.8 Å². The van der Waals surface area contributed by atoms with Crippen LogP contribution in [0.1, 0.15) is 18.5 Å². The van der Waals surface area contributed by atoms with Crippen molar-refractivity contribution in [2.45, 2.75) is 25.4 Å². The number of rotatable bonds is 6. The summed E-state index contributed by atoms with van der Waals surface area (Å²) >= 11 is 0. The van der Waals surface area contributed by atoms with Crippen molar-refractivity contribution in [3.05, 3.63) is 84.7 Å². The minimum atomic E-state index is -0.521. The Hall–Kier alpha value is -3.67. The summed E-state index contributed by atoms with van der Waals surface area (Å²) in [5.41, 5.74) is 1.46. The van der Waals surface area contributed by atoms with Crippen LogP contribution in [0.25, 0.3) is 0 Å². The Bertz CT molecular complexity index is 975. The molecule has 4 rings (SSSR count). The Kier molecular flexibility index (Phi) is 5.52. The number of para-hydroxylation sites is 1. The zero-order valence-electron chi connectivity index (χ0n) is 15.8. The lowest BCUT2D eigenvalue weighted by molar-refractivity contribution is -0.124. The van der Waals surface area contributed by atoms with Crippen LogP contribution >= 0.6 is 0 Å². The monoisotopic (exact) mass is 387 g/mol. The number of nitrogens with one attached hydrogen (secondary N) is 1. The maximum atomic E-state index is 12.7. The molecule has 0 bridgehead atoms. The molecule has 6 heteroatoms. The topological polar surface area (TPSA) is 71.5 Å². The van der Waals surface area contributed by atoms with Crippen LogP contribution < -0.4 is 15.0 Å². The molecule has 3 aromatic rings. The van der Waals surface area contributed by atoms with E-state index in [-0.39, 0.29) is 11.8 Å². The highest BCUT2D eigenvalue weighted by molar-refractivity contribution is 6.03. The predicted octanol–water partition coefficient (Wildman–Crippen LogP) is 3.69. The van der Waals surface area contributed by atoms with Gasteiger partial charge in [-0.05, 0) is 55.0 Å². The van der Waals surface area contributed by atoms with Crippen LogP contribution in [0.4, 0.5) is 5.69 Å². The van der Waals surface area contributed by atoms with Crippen LogP contribution in [0.2, 0.25) is 0 Å². The zero-order chi connectivity index (χ0) is 20.1. The first-order valence-corrected chi connectivity index (χ1v) is 9.53. The molecule has 1 aliphatic heterocycles. The summed E-state index contributed by atoms with van der Waals surface area (Å²) in [5, 5.41) is 2.89. The largest absolute Gasteiger partial charge is 0.457 e. The molecular formula is C23H21N3O3. The van der Waals surface area contributed by atoms with Crippen molar-refractivity contribution < 1.29 is 14.3 Å². The minimum Gasteiger partial charge on any atom is -0.457 e. The van der Waals surface area contributed by atoms with Crippen molar-refractivity contribution in [1.29, 1.82) is 0 Å². The summed E-state index contributed by atoms with van der Waals surface area (Å²) in [5.74, 6) is 1.18. The highest BCUT2D eigenvalue weighted by atomic mass is 16.5. The van der Waals surface area contributed by atoms with Crippen molar-refractivity contribution in [2.75, 3.05) is 4.90 Å². The van der Waals surface area contributed by atoms with Crippen LogP contribution in [0.15, 0.2) is 79.0 Å². The summed E-state index contributed by atoms with van der Waals surface area (Å²) in [6.45, 7) is 0.335. The van der Waals surface area contributed by atoms with Gasteiger partial charge in [-0.25, -0.2) is 0 Å². The lowest BCUT2D eigenvalue weighted by Crippen LogP contribution is -2.44. The van der Waals surface area contributed by atoms with E-state index in [1.165, 1.54) is 0 Å². The SMILES string of the molecule is O=C(NCc1ccccn1)C1CCC(=O)N1c1ccc(Oc2ccccc2)cc1. The van der Waals surface area contributed by atoms with E-state index in [0.717, 1.165) is 11.4 Å². The fourth-order valence-corrected chi connectivity index (χ4v) is 3.35. The molecule has 1 atom stereocenters. The van der Waals surface area contributed by atoms with Gasteiger partial charge in [0.1, 0.15) is 17.5 Å². The third kappa shape index (κ3) is 4.43. The van der Waals surface area contributed by atoms with Gasteiger partial charge in [0, 0.05) is 18.3 Å². The average molecular weight is 387 g/mol. The molecule has 2 amide bonds. The minimum absolute atomic E-state index is 0.0558. The number of amides is 2. The molecule has 1 unspecified atom stereocenters. The molecule has 1 aromatic heterocycles. The maximum Gasteiger partial charge on any atom is 0.243 e. The first-order valence-electron chi connectivity index (χ1n) is 9.53. The number of pyridine rings is 1. The number of carbonyl (C=O) groups is 2. The fourth-order valence-electron chi connectivity index (χ4n) is 3.35. The molecule has 0 aliphatic carbocycles. The van der Waals surface area contributed by atoms with Gasteiger partial charge in [-0.2, -0.15) is 0 Å². The highest BCUT2D eigenvalue weighted by Crippen LogP contribution is 2.30. The number of nitrogens with zero attached hydrogens (tertiary/aromatic N) is 2. The third-order valence-corrected chi connectivity index (χ3v) is 4.78. The van der Waals surface area contributed by atoms with Gasteiger partial charge >= 0.3 is 0 Å². The molecule has 0 saturated carbocycles. The lowest BCUT2D eigenvalue weighted by Gasteiger charge is -2.24. The van der Waals surface area contributed by atoms with E-state index in [9.17, 15) is 9.59 Å². The summed E-state index contributed by atoms with van der Waals surface area (Å²) < 4.78 is 5.80. The van der Waals surface area contributed by atoms with E-state index < -0.39 is 6.04 Å². The Labute approximate surface area is 169 Å². The Morgan fingerprint density at radius 2 is 1.72 bits per heavy atom. The summed E-state index contributed by atoms with van der Waals surface area (Å²) in [7, 11) is 0. The number of hydrogen-bond donors (Lipinski definition) is 1. The second kappa shape index (κ2) is 8.56. The standard InChI is InChI=1S/C23H21N3O3/c27-22-14-13-21(23(28)25-16-17-6-4-5-15-24-17)26(22)18-9-11-20(12-10-18)29-19-7-2-1-3-8-19/h1-12,15,21H,13-14,16H2,(H,25,28). The zero-order valence-corrected chi connectivity index (χ0v) is 15.8. The van der Waals surface area contributed by atoms with Gasteiger partial charge in [0.2, 0.25) is 11.8 Å². The lowest BCUT2D eigenvalue weighted by atomic mass is 10.2. The van der Waals surface area contributed by atoms with E-state index in [1.807, 2.05) is 48.5 Å². The molecule has 1 saturated heterocycles. The van der Waals surface area contributed by atoms with Gasteiger partial charge in [0.15, 0.2) is 0 Å². The Balaban J connectivity index is 1.44. The fraction of sp³-hybridized carbons (Fsp3) is 0.174. The quantitative estimate of drug-likeness (QED) is 0.700. The molecule has 146 valence electrons. The van der Waals surface area contributed by atoms with Gasteiger partial charge in [0.05, 0.1) is 12.2 Å². The maximum absolute atomic E-state index is 12.7. The van der Waals surface area contributed by atoms with E-state index in [0.29, 0.717) is 30.8 Å². The highest BCUT2D eigenvalue weighted by Gasteiger charge is 2.36. The van der Waals surface area contributed by atoms with Crippen molar-refractivity contribution >= 4 is 17.5 Å². The van der Waals surface area contributed by atoms with E-state index in [4.69, 9.17) is 4.74 Å². The van der Waals surface area contributed by atoms with E-state index in [1.54, 1.807) is 35.4 Å². The van der Waals surface area contributed by atoms with Crippen molar-refractivity contribution in [2.24, 2.45) is 0 Å². The first kappa shape index (κ1) is 18.7. The van der Waals surface area contributed by atoms with Crippen LogP contribution in [0, 0.1) is 0 Å². The third-order valence-electron chi connectivity index (χ3n) is 4.78. The van der Waals surface area contributed by atoms with Crippen LogP contribution in [0.3, 0.4) is 0 Å². The van der Waals surface area contributed by atoms with E-state index in [2.05, 4.69) is 10.3 Å². The average Bonchev–Trinajstić information content (AvgIpc) is 3.15. The summed E-state index contributed by atoms with van der Waals surface area (Å²) in [6, 6.07) is 21.7. The molecule has 6 nitrogen and oxygen atoms in total. The number of hydrogen-bond acceptors (Lipinski definition) is 4. The second-order valence-electron chi connectivity index (χ2n) is 6.77. The molecule has 0 spiro atoms. The van der Waals surface area contributed by atoms with Gasteiger partial charge in [0.25, 0.3) is 0 Å². The predicted molar refractivity (Wildman–Crippen MR) is 110 cm³/mol. The number of ether oxygens (including phenoxy) is 1. The molecule has 2 aromatic carbocycles. The molecule has 29 heavy (non-hydrogen) atoms. The van der Waals surface area contributed by atoms with Crippen LogP contribution in [0.5, 0.6) is 11.5 Å². The number of aromatic nitrogens is 1. The first-order chi connectivity index (χ1) is 14.2. The molecule has 1 N–H and O–H groups in total. The van der Waals surface area contributed by atoms with Gasteiger partial charge < -0.3 is 10.1 Å². The Morgan fingerprint density at radius 3 is 2.45 bits per heavy atom. The number of benzene rings is 2. The molecule has 1 fully saturated rings. The molecule has 0 radical (unpaired) electrons. The number of anilines is 1. The Morgan fingerprint density at radius 1 is 1.00 bits per heavy atom. The molecule has 1 aliphatic rings. The van der Waals surface area contributed by atoms with Gasteiger partial charge in [-0.3, -0.25) is 19.5 Å². The summed E-state index contributed by atoms with van der Waals surface area (Å²) in [4.78, 5) is 30.9. The second-order valence-corrected chi connectivity index (χ2v) is 6.77. The van der Waals surface area contributed by atoms with Crippen molar-refractivity contribution in [3.63, 3.8) is 0 Å². The molecular weight excluding hydrogens is 366 g/mol. The smallest absolute Gasteiger partial charge is 0.243 e. The van der Waals surface area contributed by atoms with Crippen molar-refractivity contribution in [3.8, 4) is 11.5 Å². The summed E-state index contributed by atoms with van der Waals surface area (Å²) in [6.07, 6.45) is 2.53. The van der Waals surface area contributed by atoms with Gasteiger partial charge in [-0.1, -0.05) is 24.3 Å². The van der Waals surface area contributed by atoms with Crippen molar-refractivity contribution in [1.82, 2.24) is 10.3 Å². The molecule has 2 heterocycles. The number of carbonyl (C=O) groups excluding carboxylic acids is 2. The normalized spacial score (nSPS) is 15.9. The van der Waals surface area contributed by atoms with Crippen LogP contribution in [-0.2, 0) is 16.1 Å².